The molecule has 54 valence electrons. The van der Waals surface area contributed by atoms with Gasteiger partial charge < -0.3 is 0 Å². The van der Waals surface area contributed by atoms with Crippen LogP contribution < -0.4 is 0 Å². The minimum Gasteiger partial charge on any atom is -0.207 e. The molecule has 0 amide bonds. The minimum absolute atomic E-state index is 0.127. The highest BCUT2D eigenvalue weighted by Crippen LogP contribution is 2.17. The van der Waals surface area contributed by atoms with E-state index in [1.807, 2.05) is 0 Å². The molecule has 0 saturated heterocycles. The van der Waals surface area contributed by atoms with Gasteiger partial charge in [0.15, 0.2) is 0 Å². The van der Waals surface area contributed by atoms with Crippen molar-refractivity contribution in [3.05, 3.63) is 34.1 Å². The van der Waals surface area contributed by atoms with E-state index in [0.717, 1.165) is 10.0 Å². The summed E-state index contributed by atoms with van der Waals surface area (Å²) in [4.78, 5) is 0. The van der Waals surface area contributed by atoms with E-state index in [-0.39, 0.29) is 5.82 Å². The summed E-state index contributed by atoms with van der Waals surface area (Å²) in [6, 6.07) is 4.96. The van der Waals surface area contributed by atoms with Crippen molar-refractivity contribution in [1.29, 1.82) is 0 Å². The minimum atomic E-state index is -0.127. The van der Waals surface area contributed by atoms with Crippen molar-refractivity contribution in [1.82, 2.24) is 0 Å². The molecule has 0 saturated carbocycles. The van der Waals surface area contributed by atoms with Crippen molar-refractivity contribution < 1.29 is 4.39 Å². The quantitative estimate of drug-likeness (QED) is 0.549. The maximum Gasteiger partial charge on any atom is 0.127 e. The van der Waals surface area contributed by atoms with E-state index < -0.39 is 0 Å². The normalized spacial score (nSPS) is 9.90. The summed E-state index contributed by atoms with van der Waals surface area (Å²) in [7, 11) is 0. The van der Waals surface area contributed by atoms with Gasteiger partial charge in [-0.15, -0.1) is 0 Å². The van der Waals surface area contributed by atoms with Crippen molar-refractivity contribution in [2.24, 2.45) is 0 Å². The molecule has 0 aliphatic rings. The average Bonchev–Trinajstić information content (AvgIpc) is 1.94. The molecule has 0 aliphatic carbocycles. The molecule has 10 heavy (non-hydrogen) atoms. The second kappa shape index (κ2) is 3.67. The summed E-state index contributed by atoms with van der Waals surface area (Å²) in [5.41, 5.74) is 0.745. The smallest absolute Gasteiger partial charge is 0.127 e. The van der Waals surface area contributed by atoms with E-state index in [4.69, 9.17) is 0 Å². The molecular weight excluding hydrogens is 310 g/mol. The summed E-state index contributed by atoms with van der Waals surface area (Å²) in [5.74, 6) is -0.127. The van der Waals surface area contributed by atoms with Gasteiger partial charge in [0, 0.05) is 8.90 Å². The third-order valence-electron chi connectivity index (χ3n) is 1.15. The number of halogens is 3. The Morgan fingerprint density at radius 1 is 1.50 bits per heavy atom. The van der Waals surface area contributed by atoms with Crippen molar-refractivity contribution in [2.75, 3.05) is 0 Å². The Balaban J connectivity index is 3.09. The van der Waals surface area contributed by atoms with E-state index >= 15 is 0 Å². The highest BCUT2D eigenvalue weighted by Gasteiger charge is 1.98. The summed E-state index contributed by atoms with van der Waals surface area (Å²) in [5, 5.41) is 0. The van der Waals surface area contributed by atoms with E-state index in [1.54, 1.807) is 12.1 Å². The third-order valence-corrected chi connectivity index (χ3v) is 2.47. The molecule has 0 bridgehead atoms. The van der Waals surface area contributed by atoms with Gasteiger partial charge in [0.1, 0.15) is 5.82 Å². The lowest BCUT2D eigenvalue weighted by atomic mass is 10.2. The number of hydrogen-bond donors (Lipinski definition) is 0. The fourth-order valence-electron chi connectivity index (χ4n) is 0.646. The number of alkyl halides is 1. The summed E-state index contributed by atoms with van der Waals surface area (Å²) in [6.07, 6.45) is 0. The van der Waals surface area contributed by atoms with Crippen LogP contribution in [0.25, 0.3) is 0 Å². The van der Waals surface area contributed by atoms with Crippen molar-refractivity contribution >= 4 is 38.5 Å². The van der Waals surface area contributed by atoms with Crippen LogP contribution in [-0.2, 0) is 4.43 Å². The van der Waals surface area contributed by atoms with Gasteiger partial charge in [-0.05, 0) is 23.8 Å². The second-order valence-corrected chi connectivity index (χ2v) is 3.55. The predicted molar refractivity (Wildman–Crippen MR) is 51.8 cm³/mol. The van der Waals surface area contributed by atoms with Gasteiger partial charge in [0.05, 0.1) is 0 Å². The Labute approximate surface area is 81.1 Å². The van der Waals surface area contributed by atoms with Crippen molar-refractivity contribution in [3.8, 4) is 0 Å². The van der Waals surface area contributed by atoms with Gasteiger partial charge >= 0.3 is 0 Å². The number of benzene rings is 1. The molecule has 0 N–H and O–H groups in total. The summed E-state index contributed by atoms with van der Waals surface area (Å²) >= 11 is 5.40. The van der Waals surface area contributed by atoms with Gasteiger partial charge in [-0.3, -0.25) is 0 Å². The molecule has 0 nitrogen and oxygen atoms in total. The topological polar surface area (TPSA) is 0 Å². The molecule has 0 fully saturated rings. The first-order valence-corrected chi connectivity index (χ1v) is 5.06. The largest absolute Gasteiger partial charge is 0.207 e. The first kappa shape index (κ1) is 8.46. The monoisotopic (exact) mass is 314 g/mol. The Morgan fingerprint density at radius 2 is 2.20 bits per heavy atom. The number of hydrogen-bond acceptors (Lipinski definition) is 0. The molecule has 0 spiro atoms. The fourth-order valence-corrected chi connectivity index (χ4v) is 1.64. The average molecular weight is 315 g/mol. The van der Waals surface area contributed by atoms with Crippen LogP contribution in [0.3, 0.4) is 0 Å². The Bertz CT molecular complexity index is 237. The second-order valence-electron chi connectivity index (χ2n) is 1.87. The van der Waals surface area contributed by atoms with Crippen molar-refractivity contribution in [2.45, 2.75) is 4.43 Å². The maximum atomic E-state index is 12.7. The van der Waals surface area contributed by atoms with E-state index in [1.165, 1.54) is 6.07 Å². The Kier molecular flexibility index (Phi) is 3.10. The van der Waals surface area contributed by atoms with Crippen LogP contribution in [0.1, 0.15) is 5.56 Å². The first-order valence-electron chi connectivity index (χ1n) is 2.74. The van der Waals surface area contributed by atoms with Gasteiger partial charge in [0.2, 0.25) is 0 Å². The van der Waals surface area contributed by atoms with E-state index in [0.29, 0.717) is 4.43 Å². The first-order chi connectivity index (χ1) is 4.74. The Morgan fingerprint density at radius 3 is 2.70 bits per heavy atom. The zero-order valence-corrected chi connectivity index (χ0v) is 8.82. The SMILES string of the molecule is Fc1ccc(Br)cc1CI. The molecule has 1 aromatic rings. The molecule has 1 rings (SSSR count). The fraction of sp³-hybridized carbons (Fsp3) is 0.143. The number of rotatable bonds is 1. The van der Waals surface area contributed by atoms with Gasteiger partial charge in [-0.25, -0.2) is 4.39 Å². The summed E-state index contributed by atoms with van der Waals surface area (Å²) in [6.45, 7) is 0. The highest BCUT2D eigenvalue weighted by molar-refractivity contribution is 14.1. The third kappa shape index (κ3) is 1.92. The molecule has 3 heteroatoms. The van der Waals surface area contributed by atoms with Gasteiger partial charge in [0.25, 0.3) is 0 Å². The van der Waals surface area contributed by atoms with Crippen LogP contribution in [0.2, 0.25) is 0 Å². The van der Waals surface area contributed by atoms with Crippen LogP contribution in [0, 0.1) is 5.82 Å². The molecule has 0 aromatic heterocycles. The molecule has 0 radical (unpaired) electrons. The van der Waals surface area contributed by atoms with Crippen LogP contribution >= 0.6 is 38.5 Å². The molecule has 0 heterocycles. The molecule has 0 unspecified atom stereocenters. The molecular formula is C7H5BrFI. The molecule has 1 aromatic carbocycles. The standard InChI is InChI=1S/C7H5BrFI/c8-6-1-2-7(9)5(3-6)4-10/h1-3H,4H2. The lowest BCUT2D eigenvalue weighted by Gasteiger charge is -1.97. The van der Waals surface area contributed by atoms with E-state index in [9.17, 15) is 4.39 Å². The molecule has 0 atom stereocenters. The zero-order valence-electron chi connectivity index (χ0n) is 5.07. The Hall–Kier alpha value is 0.360. The van der Waals surface area contributed by atoms with Crippen LogP contribution in [0.15, 0.2) is 22.7 Å². The lowest BCUT2D eigenvalue weighted by Crippen LogP contribution is -1.83. The zero-order chi connectivity index (χ0) is 7.56. The lowest BCUT2D eigenvalue weighted by molar-refractivity contribution is 0.618. The predicted octanol–water partition coefficient (Wildman–Crippen LogP) is 3.52. The summed E-state index contributed by atoms with van der Waals surface area (Å²) < 4.78 is 14.4. The maximum absolute atomic E-state index is 12.7. The van der Waals surface area contributed by atoms with Gasteiger partial charge in [-0.1, -0.05) is 38.5 Å². The van der Waals surface area contributed by atoms with Crippen LogP contribution in [0.4, 0.5) is 4.39 Å². The highest BCUT2D eigenvalue weighted by atomic mass is 127. The molecule has 0 aliphatic heterocycles. The van der Waals surface area contributed by atoms with Crippen molar-refractivity contribution in [3.63, 3.8) is 0 Å². The van der Waals surface area contributed by atoms with Gasteiger partial charge in [-0.2, -0.15) is 0 Å². The van der Waals surface area contributed by atoms with E-state index in [2.05, 4.69) is 38.5 Å². The van der Waals surface area contributed by atoms with Crippen LogP contribution in [0.5, 0.6) is 0 Å². The van der Waals surface area contributed by atoms with Crippen LogP contribution in [-0.4, -0.2) is 0 Å².